The highest BCUT2D eigenvalue weighted by Gasteiger charge is 2.38. The Balaban J connectivity index is 2.00. The molecule has 0 aliphatic carbocycles. The van der Waals surface area contributed by atoms with E-state index in [-0.39, 0.29) is 6.04 Å². The van der Waals surface area contributed by atoms with Crippen molar-refractivity contribution >= 4 is 31.8 Å². The predicted molar refractivity (Wildman–Crippen MR) is 80.9 cm³/mol. The van der Waals surface area contributed by atoms with Crippen molar-refractivity contribution in [3.8, 4) is 0 Å². The van der Waals surface area contributed by atoms with Crippen LogP contribution in [0.15, 0.2) is 24.3 Å². The average molecular weight is 311 g/mol. The molecule has 0 N–H and O–H groups in total. The Morgan fingerprint density at radius 3 is 2.80 bits per heavy atom. The molecule has 1 saturated heterocycles. The first-order chi connectivity index (χ1) is 9.50. The summed E-state index contributed by atoms with van der Waals surface area (Å²) in [5, 5.41) is 0.897. The Morgan fingerprint density at radius 1 is 1.35 bits per heavy atom. The molecule has 0 saturated carbocycles. The fourth-order valence-electron chi connectivity index (χ4n) is 2.51. The Hall–Kier alpha value is -1.02. The summed E-state index contributed by atoms with van der Waals surface area (Å²) in [5.41, 5.74) is 0.946. The molecule has 0 spiro atoms. The van der Waals surface area contributed by atoms with Crippen LogP contribution in [0.1, 0.15) is 23.9 Å². The number of para-hydroxylation sites is 1. The van der Waals surface area contributed by atoms with Gasteiger partial charge in [-0.25, -0.2) is 4.98 Å². The summed E-state index contributed by atoms with van der Waals surface area (Å²) >= 11 is 1.59. The van der Waals surface area contributed by atoms with Gasteiger partial charge < -0.3 is 0 Å². The normalized spacial score (nSPS) is 21.1. The maximum atomic E-state index is 12.4. The monoisotopic (exact) mass is 311 g/mol. The van der Waals surface area contributed by atoms with Gasteiger partial charge in [0.2, 0.25) is 0 Å². The highest BCUT2D eigenvalue weighted by molar-refractivity contribution is 7.86. The third-order valence-electron chi connectivity index (χ3n) is 3.56. The zero-order valence-corrected chi connectivity index (χ0v) is 13.1. The molecule has 2 aromatic rings. The van der Waals surface area contributed by atoms with E-state index in [9.17, 15) is 8.42 Å². The molecule has 108 valence electrons. The van der Waals surface area contributed by atoms with E-state index in [1.807, 2.05) is 24.3 Å². The van der Waals surface area contributed by atoms with Crippen molar-refractivity contribution in [2.24, 2.45) is 0 Å². The highest BCUT2D eigenvalue weighted by Crippen LogP contribution is 2.38. The second-order valence-corrected chi connectivity index (χ2v) is 8.24. The maximum absolute atomic E-state index is 12.4. The van der Waals surface area contributed by atoms with Gasteiger partial charge in [0.05, 0.1) is 16.3 Å². The molecule has 0 radical (unpaired) electrons. The average Bonchev–Trinajstić information content (AvgIpc) is 3.04. The van der Waals surface area contributed by atoms with Gasteiger partial charge in [-0.1, -0.05) is 12.1 Å². The molecule has 3 rings (SSSR count). The Bertz CT molecular complexity index is 691. The Morgan fingerprint density at radius 2 is 2.10 bits per heavy atom. The Kier molecular flexibility index (Phi) is 3.53. The fourth-order valence-corrected chi connectivity index (χ4v) is 4.99. The van der Waals surface area contributed by atoms with Crippen LogP contribution in [0.4, 0.5) is 0 Å². The molecule has 1 aliphatic rings. The molecule has 1 aromatic heterocycles. The quantitative estimate of drug-likeness (QED) is 0.873. The van der Waals surface area contributed by atoms with Crippen molar-refractivity contribution in [1.29, 1.82) is 0 Å². The van der Waals surface area contributed by atoms with Crippen LogP contribution in [-0.4, -0.2) is 42.7 Å². The summed E-state index contributed by atoms with van der Waals surface area (Å²) in [6.45, 7) is 0.571. The standard InChI is InChI=1S/C13H17N3O2S2/c1-15(2)20(17,18)16-9-5-7-11(16)13-14-10-6-3-4-8-12(10)19-13/h3-4,6,8,11H,5,7,9H2,1-2H3. The number of fused-ring (bicyclic) bond motifs is 1. The zero-order valence-electron chi connectivity index (χ0n) is 11.5. The summed E-state index contributed by atoms with van der Waals surface area (Å²) in [4.78, 5) is 4.61. The molecule has 0 bridgehead atoms. The number of thiazole rings is 1. The molecule has 1 aromatic carbocycles. The van der Waals surface area contributed by atoms with Crippen LogP contribution in [-0.2, 0) is 10.2 Å². The molecule has 7 heteroatoms. The van der Waals surface area contributed by atoms with Crippen LogP contribution >= 0.6 is 11.3 Å². The van der Waals surface area contributed by atoms with Gasteiger partial charge >= 0.3 is 0 Å². The van der Waals surface area contributed by atoms with Gasteiger partial charge in [0, 0.05) is 20.6 Å². The summed E-state index contributed by atoms with van der Waals surface area (Å²) in [5.74, 6) is 0. The minimum atomic E-state index is -3.38. The van der Waals surface area contributed by atoms with Crippen LogP contribution < -0.4 is 0 Å². The topological polar surface area (TPSA) is 53.5 Å². The van der Waals surface area contributed by atoms with Crippen LogP contribution in [0.25, 0.3) is 10.2 Å². The van der Waals surface area contributed by atoms with Gasteiger partial charge in [-0.2, -0.15) is 17.0 Å². The fraction of sp³-hybridized carbons (Fsp3) is 0.462. The number of rotatable bonds is 3. The molecule has 1 fully saturated rings. The van der Waals surface area contributed by atoms with Crippen LogP contribution in [0.2, 0.25) is 0 Å². The number of hydrogen-bond donors (Lipinski definition) is 0. The highest BCUT2D eigenvalue weighted by atomic mass is 32.2. The zero-order chi connectivity index (χ0) is 14.3. The van der Waals surface area contributed by atoms with Crippen molar-refractivity contribution in [2.45, 2.75) is 18.9 Å². The van der Waals surface area contributed by atoms with Gasteiger partial charge in [0.1, 0.15) is 5.01 Å². The van der Waals surface area contributed by atoms with Gasteiger partial charge in [-0.05, 0) is 25.0 Å². The van der Waals surface area contributed by atoms with E-state index in [4.69, 9.17) is 0 Å². The summed E-state index contributed by atoms with van der Waals surface area (Å²) in [7, 11) is -0.233. The SMILES string of the molecule is CN(C)S(=O)(=O)N1CCCC1c1nc2ccccc2s1. The summed E-state index contributed by atoms with van der Waals surface area (Å²) in [6, 6.07) is 7.80. The van der Waals surface area contributed by atoms with Crippen LogP contribution in [0.3, 0.4) is 0 Å². The number of aromatic nitrogens is 1. The largest absolute Gasteiger partial charge is 0.282 e. The first-order valence-corrected chi connectivity index (χ1v) is 8.76. The van der Waals surface area contributed by atoms with Crippen LogP contribution in [0.5, 0.6) is 0 Å². The Labute approximate surface area is 123 Å². The van der Waals surface area contributed by atoms with Crippen molar-refractivity contribution in [3.05, 3.63) is 29.3 Å². The van der Waals surface area contributed by atoms with Crippen LogP contribution in [0, 0.1) is 0 Å². The molecule has 5 nitrogen and oxygen atoms in total. The lowest BCUT2D eigenvalue weighted by atomic mass is 10.2. The third kappa shape index (κ3) is 2.24. The van der Waals surface area contributed by atoms with E-state index < -0.39 is 10.2 Å². The molecular formula is C13H17N3O2S2. The predicted octanol–water partition coefficient (Wildman–Crippen LogP) is 2.24. The van der Waals surface area contributed by atoms with Gasteiger partial charge in [-0.15, -0.1) is 11.3 Å². The second kappa shape index (κ2) is 5.07. The number of nitrogens with zero attached hydrogens (tertiary/aromatic N) is 3. The van der Waals surface area contributed by atoms with Crippen molar-refractivity contribution < 1.29 is 8.42 Å². The molecule has 1 atom stereocenters. The van der Waals surface area contributed by atoms with E-state index in [1.54, 1.807) is 29.7 Å². The lowest BCUT2D eigenvalue weighted by Crippen LogP contribution is -2.39. The third-order valence-corrected chi connectivity index (χ3v) is 6.65. The smallest absolute Gasteiger partial charge is 0.239 e. The van der Waals surface area contributed by atoms with Gasteiger partial charge in [-0.3, -0.25) is 0 Å². The maximum Gasteiger partial charge on any atom is 0.282 e. The molecule has 2 heterocycles. The minimum Gasteiger partial charge on any atom is -0.239 e. The summed E-state index contributed by atoms with van der Waals surface area (Å²) < 4.78 is 28.7. The van der Waals surface area contributed by atoms with E-state index in [0.717, 1.165) is 28.1 Å². The van der Waals surface area contributed by atoms with E-state index in [1.165, 1.54) is 4.31 Å². The number of benzene rings is 1. The molecule has 0 amide bonds. The van der Waals surface area contributed by atoms with E-state index in [2.05, 4.69) is 4.98 Å². The van der Waals surface area contributed by atoms with E-state index in [0.29, 0.717) is 6.54 Å². The lowest BCUT2D eigenvalue weighted by Gasteiger charge is -2.25. The summed E-state index contributed by atoms with van der Waals surface area (Å²) in [6.07, 6.45) is 1.72. The second-order valence-electron chi connectivity index (χ2n) is 5.08. The lowest BCUT2D eigenvalue weighted by molar-refractivity contribution is 0.362. The first kappa shape index (κ1) is 13.9. The van der Waals surface area contributed by atoms with E-state index >= 15 is 0 Å². The van der Waals surface area contributed by atoms with Gasteiger partial charge in [0.15, 0.2) is 0 Å². The van der Waals surface area contributed by atoms with Gasteiger partial charge in [0.25, 0.3) is 10.2 Å². The first-order valence-electron chi connectivity index (χ1n) is 6.55. The number of hydrogen-bond acceptors (Lipinski definition) is 4. The van der Waals surface area contributed by atoms with Crippen molar-refractivity contribution in [1.82, 2.24) is 13.6 Å². The molecule has 1 unspecified atom stereocenters. The molecule has 1 aliphatic heterocycles. The van der Waals surface area contributed by atoms with Crippen molar-refractivity contribution in [3.63, 3.8) is 0 Å². The molecular weight excluding hydrogens is 294 g/mol. The molecule has 20 heavy (non-hydrogen) atoms. The van der Waals surface area contributed by atoms with Crippen molar-refractivity contribution in [2.75, 3.05) is 20.6 Å². The minimum absolute atomic E-state index is 0.125.